The van der Waals surface area contributed by atoms with Gasteiger partial charge in [0.1, 0.15) is 7.11 Å². The lowest BCUT2D eigenvalue weighted by Gasteiger charge is -2.08. The lowest BCUT2D eigenvalue weighted by molar-refractivity contribution is 0.0652. The molecule has 0 bridgehead atoms. The van der Waals surface area contributed by atoms with E-state index in [0.29, 0.717) is 5.56 Å². The van der Waals surface area contributed by atoms with E-state index in [1.54, 1.807) is 0 Å². The minimum absolute atomic E-state index is 0.366. The molecular formula is C11H13O2. The van der Waals surface area contributed by atoms with Crippen LogP contribution in [0.1, 0.15) is 27.0 Å². The highest BCUT2D eigenvalue weighted by Gasteiger charge is 2.12. The summed E-state index contributed by atoms with van der Waals surface area (Å²) in [5.74, 6) is -0.366. The molecule has 0 unspecified atom stereocenters. The second-order valence-electron chi connectivity index (χ2n) is 3.21. The smallest absolute Gasteiger partial charge is 0.338 e. The van der Waals surface area contributed by atoms with Crippen molar-refractivity contribution < 1.29 is 9.53 Å². The molecule has 1 radical (unpaired) electrons. The average Bonchev–Trinajstić information content (AvgIpc) is 2.02. The van der Waals surface area contributed by atoms with Gasteiger partial charge in [0.25, 0.3) is 0 Å². The lowest BCUT2D eigenvalue weighted by atomic mass is 10.0. The monoisotopic (exact) mass is 177 g/mol. The average molecular weight is 177 g/mol. The van der Waals surface area contributed by atoms with Gasteiger partial charge in [-0.2, -0.15) is 0 Å². The maximum absolute atomic E-state index is 11.3. The molecule has 69 valence electrons. The Balaban J connectivity index is 3.28. The summed E-state index contributed by atoms with van der Waals surface area (Å²) >= 11 is 0. The second kappa shape index (κ2) is 3.60. The van der Waals surface area contributed by atoms with Crippen molar-refractivity contribution in [2.24, 2.45) is 0 Å². The zero-order valence-electron chi connectivity index (χ0n) is 8.18. The summed E-state index contributed by atoms with van der Waals surface area (Å²) in [7, 11) is 3.12. The fourth-order valence-corrected chi connectivity index (χ4v) is 1.57. The normalized spacial score (nSPS) is 9.85. The summed E-state index contributed by atoms with van der Waals surface area (Å²) in [6, 6.07) is 3.92. The summed E-state index contributed by atoms with van der Waals surface area (Å²) in [5, 5.41) is 0. The third-order valence-electron chi connectivity index (χ3n) is 2.01. The molecular weight excluding hydrogens is 164 g/mol. The van der Waals surface area contributed by atoms with E-state index >= 15 is 0 Å². The number of ether oxygens (including phenoxy) is 1. The molecule has 0 spiro atoms. The predicted octanol–water partition coefficient (Wildman–Crippen LogP) is 2.56. The molecule has 0 aliphatic heterocycles. The zero-order valence-corrected chi connectivity index (χ0v) is 8.18. The van der Waals surface area contributed by atoms with Gasteiger partial charge >= 0.3 is 5.97 Å². The van der Waals surface area contributed by atoms with Crippen molar-refractivity contribution in [2.45, 2.75) is 20.8 Å². The molecule has 1 aromatic rings. The van der Waals surface area contributed by atoms with Crippen molar-refractivity contribution in [3.05, 3.63) is 41.5 Å². The van der Waals surface area contributed by atoms with Crippen LogP contribution in [0.15, 0.2) is 12.1 Å². The van der Waals surface area contributed by atoms with E-state index in [0.717, 1.165) is 16.7 Å². The molecule has 0 N–H and O–H groups in total. The Labute approximate surface area is 78.5 Å². The SMILES string of the molecule is [CH2]OC(=O)c1c(C)cc(C)cc1C. The van der Waals surface area contributed by atoms with Crippen molar-refractivity contribution in [2.75, 3.05) is 0 Å². The maximum Gasteiger partial charge on any atom is 0.338 e. The molecule has 13 heavy (non-hydrogen) atoms. The Morgan fingerprint density at radius 3 is 2.08 bits per heavy atom. The number of esters is 1. The van der Waals surface area contributed by atoms with Crippen LogP contribution in [-0.2, 0) is 4.74 Å². The van der Waals surface area contributed by atoms with Crippen molar-refractivity contribution in [1.82, 2.24) is 0 Å². The van der Waals surface area contributed by atoms with Gasteiger partial charge in [0.05, 0.1) is 5.56 Å². The predicted molar refractivity (Wildman–Crippen MR) is 51.4 cm³/mol. The first-order chi connectivity index (χ1) is 6.06. The van der Waals surface area contributed by atoms with Gasteiger partial charge in [-0.3, -0.25) is 0 Å². The molecule has 0 fully saturated rings. The van der Waals surface area contributed by atoms with Crippen molar-refractivity contribution in [3.8, 4) is 0 Å². The van der Waals surface area contributed by atoms with Crippen LogP contribution in [0.4, 0.5) is 0 Å². The van der Waals surface area contributed by atoms with Crippen LogP contribution in [0.3, 0.4) is 0 Å². The lowest BCUT2D eigenvalue weighted by Crippen LogP contribution is -2.05. The van der Waals surface area contributed by atoms with Gasteiger partial charge in [0.2, 0.25) is 0 Å². The number of hydrogen-bond donors (Lipinski definition) is 0. The number of hydrogen-bond acceptors (Lipinski definition) is 2. The molecule has 0 aliphatic rings. The van der Waals surface area contributed by atoms with E-state index in [9.17, 15) is 4.79 Å². The Kier molecular flexibility index (Phi) is 2.71. The van der Waals surface area contributed by atoms with Crippen molar-refractivity contribution in [3.63, 3.8) is 0 Å². The van der Waals surface area contributed by atoms with E-state index in [4.69, 9.17) is 0 Å². The van der Waals surface area contributed by atoms with E-state index in [-0.39, 0.29) is 5.97 Å². The van der Waals surface area contributed by atoms with Gasteiger partial charge in [-0.25, -0.2) is 4.79 Å². The number of carbonyl (C=O) groups is 1. The topological polar surface area (TPSA) is 26.3 Å². The van der Waals surface area contributed by atoms with Gasteiger partial charge in [0.15, 0.2) is 0 Å². The highest BCUT2D eigenvalue weighted by atomic mass is 16.5. The zero-order chi connectivity index (χ0) is 10.0. The molecule has 0 heterocycles. The van der Waals surface area contributed by atoms with Crippen LogP contribution in [0.2, 0.25) is 0 Å². The molecule has 0 aliphatic carbocycles. The number of aryl methyl sites for hydroxylation is 3. The van der Waals surface area contributed by atoms with Crippen molar-refractivity contribution >= 4 is 5.97 Å². The first kappa shape index (κ1) is 9.78. The Morgan fingerprint density at radius 1 is 1.23 bits per heavy atom. The quantitative estimate of drug-likeness (QED) is 0.616. The molecule has 0 aromatic heterocycles. The van der Waals surface area contributed by atoms with Crippen LogP contribution in [0, 0.1) is 27.9 Å². The van der Waals surface area contributed by atoms with Gasteiger partial charge in [-0.05, 0) is 31.9 Å². The highest BCUT2D eigenvalue weighted by Crippen LogP contribution is 2.16. The molecule has 0 saturated carbocycles. The van der Waals surface area contributed by atoms with Gasteiger partial charge < -0.3 is 4.74 Å². The van der Waals surface area contributed by atoms with Gasteiger partial charge in [-0.15, -0.1) is 0 Å². The van der Waals surface area contributed by atoms with Crippen LogP contribution < -0.4 is 0 Å². The van der Waals surface area contributed by atoms with Gasteiger partial charge in [-0.1, -0.05) is 17.7 Å². The standard InChI is InChI=1S/C11H13O2/c1-7-5-8(2)10(9(3)6-7)11(12)13-4/h5-6H,4H2,1-3H3. The molecule has 1 rings (SSSR count). The third kappa shape index (κ3) is 1.89. The van der Waals surface area contributed by atoms with Crippen LogP contribution >= 0.6 is 0 Å². The largest absolute Gasteiger partial charge is 0.458 e. The Morgan fingerprint density at radius 2 is 1.69 bits per heavy atom. The van der Waals surface area contributed by atoms with E-state index in [1.807, 2.05) is 32.9 Å². The van der Waals surface area contributed by atoms with Crippen LogP contribution in [-0.4, -0.2) is 5.97 Å². The number of rotatable bonds is 1. The first-order valence-electron chi connectivity index (χ1n) is 4.10. The molecule has 1 aromatic carbocycles. The van der Waals surface area contributed by atoms with E-state index in [1.165, 1.54) is 0 Å². The molecule has 2 nitrogen and oxygen atoms in total. The van der Waals surface area contributed by atoms with E-state index in [2.05, 4.69) is 11.8 Å². The fourth-order valence-electron chi connectivity index (χ4n) is 1.57. The molecule has 2 heteroatoms. The summed E-state index contributed by atoms with van der Waals surface area (Å²) in [5.41, 5.74) is 3.65. The minimum atomic E-state index is -0.366. The molecule has 0 atom stereocenters. The minimum Gasteiger partial charge on any atom is -0.458 e. The summed E-state index contributed by atoms with van der Waals surface area (Å²) < 4.78 is 4.45. The summed E-state index contributed by atoms with van der Waals surface area (Å²) in [6.07, 6.45) is 0. The maximum atomic E-state index is 11.3. The second-order valence-corrected chi connectivity index (χ2v) is 3.21. The Hall–Kier alpha value is -1.31. The van der Waals surface area contributed by atoms with Crippen LogP contribution in [0.5, 0.6) is 0 Å². The number of carbonyl (C=O) groups excluding carboxylic acids is 1. The van der Waals surface area contributed by atoms with Gasteiger partial charge in [0, 0.05) is 0 Å². The highest BCUT2D eigenvalue weighted by molar-refractivity contribution is 5.92. The Bertz CT molecular complexity index is 317. The third-order valence-corrected chi connectivity index (χ3v) is 2.01. The fraction of sp³-hybridized carbons (Fsp3) is 0.273. The summed E-state index contributed by atoms with van der Waals surface area (Å²) in [6.45, 7) is 5.79. The number of benzene rings is 1. The van der Waals surface area contributed by atoms with Crippen molar-refractivity contribution in [1.29, 1.82) is 0 Å². The molecule has 0 amide bonds. The van der Waals surface area contributed by atoms with Crippen LogP contribution in [0.25, 0.3) is 0 Å². The first-order valence-corrected chi connectivity index (χ1v) is 4.10. The summed E-state index contributed by atoms with van der Waals surface area (Å²) in [4.78, 5) is 11.3. The van der Waals surface area contributed by atoms with E-state index < -0.39 is 0 Å². The molecule has 0 saturated heterocycles.